The van der Waals surface area contributed by atoms with Crippen molar-refractivity contribution in [1.82, 2.24) is 8.80 Å². The number of ketones is 4. The summed E-state index contributed by atoms with van der Waals surface area (Å²) in [6.07, 6.45) is 0. The molecule has 0 radical (unpaired) electrons. The summed E-state index contributed by atoms with van der Waals surface area (Å²) < 4.78 is 4.95. The number of hydrogen-bond donors (Lipinski definition) is 0. The molecule has 6 heteroatoms. The zero-order chi connectivity index (χ0) is 70.6. The van der Waals surface area contributed by atoms with Gasteiger partial charge in [0.1, 0.15) is 0 Å². The first-order valence-corrected chi connectivity index (χ1v) is 39.4. The number of aromatic nitrogens is 2. The third kappa shape index (κ3) is 4.81. The van der Waals surface area contributed by atoms with E-state index in [0.717, 1.165) is 164 Å². The Kier molecular flexibility index (Phi) is 8.14. The number of carbonyl (C=O) groups excluding carboxylic acids is 4. The molecule has 502 valence electrons. The van der Waals surface area contributed by atoms with E-state index in [1.165, 1.54) is 77.5 Å². The van der Waals surface area contributed by atoms with Crippen molar-refractivity contribution < 1.29 is 19.2 Å². The molecule has 12 atom stereocenters. The van der Waals surface area contributed by atoms with Gasteiger partial charge in [0.2, 0.25) is 0 Å². The average molecular weight is 1390 g/mol. The molecule has 4 aromatic heterocycles. The molecule has 6 nitrogen and oxygen atoms in total. The van der Waals surface area contributed by atoms with Gasteiger partial charge in [0.05, 0.1) is 56.8 Å². The Labute approximate surface area is 625 Å². The molecule has 0 saturated heterocycles. The highest BCUT2D eigenvalue weighted by molar-refractivity contribution is 6.48. The van der Waals surface area contributed by atoms with Gasteiger partial charge in [-0.15, -0.1) is 0 Å². The normalized spacial score (nSPS) is 26.9. The molecule has 20 aromatic rings. The van der Waals surface area contributed by atoms with Crippen LogP contribution in [-0.2, 0) is 21.7 Å². The maximum absolute atomic E-state index is 16.2. The fraction of sp³-hybridized carbons (Fsp3) is 0.115. The van der Waals surface area contributed by atoms with Gasteiger partial charge < -0.3 is 8.80 Å². The number of Topliss-reactive ketones (excluding diaryl/α,β-unsaturated/α-hetero) is 4. The minimum absolute atomic E-state index is 0.0254. The molecule has 0 bridgehead atoms. The summed E-state index contributed by atoms with van der Waals surface area (Å²) in [5.41, 5.74) is 31.6. The Balaban J connectivity index is 0.745. The van der Waals surface area contributed by atoms with E-state index >= 15 is 19.2 Å². The van der Waals surface area contributed by atoms with E-state index in [1.54, 1.807) is 0 Å². The van der Waals surface area contributed by atoms with E-state index in [-0.39, 0.29) is 70.5 Å². The molecule has 0 fully saturated rings. The van der Waals surface area contributed by atoms with Crippen LogP contribution in [-0.4, -0.2) is 31.9 Å². The van der Waals surface area contributed by atoms with E-state index < -0.39 is 21.7 Å². The lowest BCUT2D eigenvalue weighted by molar-refractivity contribution is 0.0839. The zero-order valence-electron chi connectivity index (χ0n) is 58.5. The lowest BCUT2D eigenvalue weighted by Gasteiger charge is -2.64. The number of rotatable bonds is 0. The van der Waals surface area contributed by atoms with E-state index in [2.05, 4.69) is 276 Å². The number of fused-ring (bicyclic) bond motifs is 40. The lowest BCUT2D eigenvalue weighted by Crippen LogP contribution is -2.61. The molecule has 12 unspecified atom stereocenters. The second-order valence-electron chi connectivity index (χ2n) is 34.9. The Morgan fingerprint density at radius 2 is 0.382 bits per heavy atom. The van der Waals surface area contributed by atoms with Crippen molar-refractivity contribution in [1.29, 1.82) is 0 Å². The van der Waals surface area contributed by atoms with E-state index in [4.69, 9.17) is 0 Å². The first kappa shape index (κ1) is 54.4. The molecule has 12 aliphatic carbocycles. The monoisotopic (exact) mass is 1390 g/mol. The molecule has 0 amide bonds. The van der Waals surface area contributed by atoms with Crippen molar-refractivity contribution in [3.8, 4) is 0 Å². The van der Waals surface area contributed by atoms with Gasteiger partial charge in [0, 0.05) is 111 Å². The molecular weight excluding hydrogens is 1340 g/mol. The van der Waals surface area contributed by atoms with Crippen LogP contribution < -0.4 is 0 Å². The summed E-state index contributed by atoms with van der Waals surface area (Å²) in [4.78, 5) is 64.7. The molecule has 4 heterocycles. The first-order valence-electron chi connectivity index (χ1n) is 39.4. The summed E-state index contributed by atoms with van der Waals surface area (Å²) in [5, 5.41) is 16.0. The first-order chi connectivity index (χ1) is 54.3. The van der Waals surface area contributed by atoms with Crippen LogP contribution in [0.2, 0.25) is 0 Å². The SMILES string of the molecule is O=C1c2cc3c(cc2C2c4ccccc4C24c2ccccc2C14)c1c2ccc4c5c(ccc(c25)c2c5cc6c(cc5n3c12)C(=O)C1c2ccccc2C12c1ccccc1C62)c1c2cc3c(cc2n2c5cc6c(cc5c4c12)C1c2ccccc2C12c1ccccc1C2C6=O)C(=O)C1c2ccccc2C12c1ccccc1C32. The molecule has 0 N–H and O–H groups in total. The molecule has 110 heavy (non-hydrogen) atoms. The van der Waals surface area contributed by atoms with Crippen LogP contribution in [0.5, 0.6) is 0 Å². The van der Waals surface area contributed by atoms with Gasteiger partial charge in [-0.1, -0.05) is 218 Å². The summed E-state index contributed by atoms with van der Waals surface area (Å²) in [6, 6.07) is 99.0. The van der Waals surface area contributed by atoms with Gasteiger partial charge in [-0.2, -0.15) is 0 Å². The standard InChI is InChI=1S/C104H52N2O4/c107-97-61-41-77-65(37-57(61)87-45-17-1-9-25-69(45)101(87)73-29-13-5-21-49(73)91(97)101)83-53-33-34-55-82-56(36-35-54(81(53)82)84-66-38-58-62(42-78(66)105(77)95(83)84)98(108)92-50-22-6-14-30-74(50)102(92)70-26-10-2-18-46(70)88(58)102)86-68-40-60-64(100(110)94-52-24-8-16-32-76(52)104(94)72-28-12-4-20-48(72)90(60)104)44-80(68)106-79-43-63-59(39-67(79)85(55)96(86)106)89-47-19-3-11-27-71(47)103(89)75-31-15-7-23-51(75)93(103)99(63)109/h1-44,87-94H. The zero-order valence-corrected chi connectivity index (χ0v) is 58.5. The van der Waals surface area contributed by atoms with Crippen LogP contribution in [0.4, 0.5) is 0 Å². The van der Waals surface area contributed by atoms with Crippen molar-refractivity contribution in [3.05, 3.63) is 400 Å². The predicted octanol–water partition coefficient (Wildman–Crippen LogP) is 21.8. The third-order valence-electron chi connectivity index (χ3n) is 32.1. The Hall–Kier alpha value is -13.2. The minimum atomic E-state index is -0.457. The number of carbonyl (C=O) groups is 4. The smallest absolute Gasteiger partial charge is 0.171 e. The summed E-state index contributed by atoms with van der Waals surface area (Å²) in [7, 11) is 0. The van der Waals surface area contributed by atoms with Gasteiger partial charge in [-0.25, -0.2) is 0 Å². The van der Waals surface area contributed by atoms with Crippen molar-refractivity contribution in [3.63, 3.8) is 0 Å². The molecule has 12 aliphatic rings. The van der Waals surface area contributed by atoms with Gasteiger partial charge in [0.15, 0.2) is 23.1 Å². The van der Waals surface area contributed by atoms with Crippen molar-refractivity contribution in [2.24, 2.45) is 0 Å². The van der Waals surface area contributed by atoms with Crippen molar-refractivity contribution >= 4 is 132 Å². The second-order valence-corrected chi connectivity index (χ2v) is 34.9. The topological polar surface area (TPSA) is 77.1 Å². The van der Waals surface area contributed by atoms with E-state index in [1.807, 2.05) is 0 Å². The minimum Gasteiger partial charge on any atom is -0.308 e. The van der Waals surface area contributed by atoms with Gasteiger partial charge in [-0.05, 0) is 192 Å². The molecule has 16 aromatic carbocycles. The molecular formula is C104H52N2O4. The maximum atomic E-state index is 16.2. The van der Waals surface area contributed by atoms with Gasteiger partial charge in [-0.3, -0.25) is 19.2 Å². The Bertz CT molecular complexity index is 7350. The van der Waals surface area contributed by atoms with Crippen LogP contribution in [0, 0.1) is 0 Å². The van der Waals surface area contributed by atoms with E-state index in [0.29, 0.717) is 0 Å². The van der Waals surface area contributed by atoms with Gasteiger partial charge >= 0.3 is 0 Å². The predicted molar refractivity (Wildman–Crippen MR) is 430 cm³/mol. The van der Waals surface area contributed by atoms with Crippen LogP contribution >= 0.6 is 0 Å². The number of hydrogen-bond acceptors (Lipinski definition) is 4. The maximum Gasteiger partial charge on any atom is 0.171 e. The Morgan fingerprint density at radius 3 is 0.591 bits per heavy atom. The van der Waals surface area contributed by atoms with Crippen LogP contribution in [0.15, 0.2) is 267 Å². The second kappa shape index (κ2) is 16.5. The van der Waals surface area contributed by atoms with Crippen molar-refractivity contribution in [2.75, 3.05) is 0 Å². The molecule has 32 rings (SSSR count). The van der Waals surface area contributed by atoms with Gasteiger partial charge in [0.25, 0.3) is 0 Å². The highest BCUT2D eigenvalue weighted by atomic mass is 16.1. The van der Waals surface area contributed by atoms with Crippen LogP contribution in [0.25, 0.3) is 109 Å². The highest BCUT2D eigenvalue weighted by Gasteiger charge is 2.74. The van der Waals surface area contributed by atoms with Crippen molar-refractivity contribution in [2.45, 2.75) is 69.0 Å². The fourth-order valence-corrected chi connectivity index (χ4v) is 28.9. The quantitative estimate of drug-likeness (QED) is 0.142. The van der Waals surface area contributed by atoms with E-state index in [9.17, 15) is 0 Å². The number of nitrogens with zero attached hydrogens (tertiary/aromatic N) is 2. The fourth-order valence-electron chi connectivity index (χ4n) is 28.9. The Morgan fingerprint density at radius 1 is 0.191 bits per heavy atom. The highest BCUT2D eigenvalue weighted by Crippen LogP contribution is 2.79. The average Bonchev–Trinajstić information content (AvgIpc) is 0.791. The molecule has 0 saturated carbocycles. The van der Waals surface area contributed by atoms with Crippen LogP contribution in [0.1, 0.15) is 200 Å². The van der Waals surface area contributed by atoms with Crippen LogP contribution in [0.3, 0.4) is 0 Å². The summed E-state index contributed by atoms with van der Waals surface area (Å²) >= 11 is 0. The largest absolute Gasteiger partial charge is 0.308 e. The lowest BCUT2D eigenvalue weighted by atomic mass is 9.36. The molecule has 4 spiro atoms. The summed E-state index contributed by atoms with van der Waals surface area (Å²) in [5.74, 6) is -0.609. The third-order valence-corrected chi connectivity index (χ3v) is 32.1. The molecule has 0 aliphatic heterocycles. The summed E-state index contributed by atoms with van der Waals surface area (Å²) in [6.45, 7) is 0. The number of benzene rings is 16.